The number of hydrogen-bond acceptors (Lipinski definition) is 3. The number of amides is 1. The van der Waals surface area contributed by atoms with Gasteiger partial charge in [-0.3, -0.25) is 0 Å². The molecule has 4 nitrogen and oxygen atoms in total. The molecule has 82 valence electrons. The number of rotatable bonds is 3. The molecule has 0 aliphatic rings. The standard InChI is InChI=1S/C10H19NO3/c1-6-8(12)7(2)11-9(13)14-10(3,4)5/h6-8,12H,1H2,2-5H3,(H,11,13)/t7-,8-/m1/s1. The number of nitrogens with one attached hydrogen (secondary N) is 1. The monoisotopic (exact) mass is 201 g/mol. The highest BCUT2D eigenvalue weighted by molar-refractivity contribution is 5.68. The van der Waals surface area contributed by atoms with E-state index in [1.54, 1.807) is 27.7 Å². The fourth-order valence-electron chi connectivity index (χ4n) is 0.783. The van der Waals surface area contributed by atoms with Gasteiger partial charge < -0.3 is 15.2 Å². The van der Waals surface area contributed by atoms with Crippen LogP contribution in [0.4, 0.5) is 4.79 Å². The molecule has 0 aromatic carbocycles. The van der Waals surface area contributed by atoms with Gasteiger partial charge in [0.2, 0.25) is 0 Å². The van der Waals surface area contributed by atoms with Crippen molar-refractivity contribution in [3.05, 3.63) is 12.7 Å². The minimum absolute atomic E-state index is 0.401. The van der Waals surface area contributed by atoms with E-state index in [1.807, 2.05) is 0 Å². The second-order valence-electron chi connectivity index (χ2n) is 4.16. The Morgan fingerprint density at radius 2 is 2.07 bits per heavy atom. The van der Waals surface area contributed by atoms with Crippen LogP contribution < -0.4 is 5.32 Å². The van der Waals surface area contributed by atoms with Crippen molar-refractivity contribution in [3.8, 4) is 0 Å². The van der Waals surface area contributed by atoms with Gasteiger partial charge in [-0.25, -0.2) is 4.79 Å². The van der Waals surface area contributed by atoms with Crippen LogP contribution >= 0.6 is 0 Å². The molecule has 14 heavy (non-hydrogen) atoms. The van der Waals surface area contributed by atoms with Crippen LogP contribution in [0.25, 0.3) is 0 Å². The maximum absolute atomic E-state index is 11.2. The summed E-state index contributed by atoms with van der Waals surface area (Å²) < 4.78 is 5.01. The first-order valence-electron chi connectivity index (χ1n) is 4.56. The third-order valence-electron chi connectivity index (χ3n) is 1.50. The third-order valence-corrected chi connectivity index (χ3v) is 1.50. The lowest BCUT2D eigenvalue weighted by atomic mass is 10.2. The Hall–Kier alpha value is -1.03. The minimum atomic E-state index is -0.762. The van der Waals surface area contributed by atoms with Gasteiger partial charge in [0.1, 0.15) is 5.60 Å². The Balaban J connectivity index is 4.01. The van der Waals surface area contributed by atoms with Crippen LogP contribution in [0.15, 0.2) is 12.7 Å². The summed E-state index contributed by atoms with van der Waals surface area (Å²) in [6, 6.07) is -0.401. The van der Waals surface area contributed by atoms with E-state index in [9.17, 15) is 9.90 Å². The van der Waals surface area contributed by atoms with Crippen molar-refractivity contribution in [2.45, 2.75) is 45.4 Å². The fraction of sp³-hybridized carbons (Fsp3) is 0.700. The Morgan fingerprint density at radius 1 is 1.57 bits per heavy atom. The van der Waals surface area contributed by atoms with Crippen molar-refractivity contribution < 1.29 is 14.6 Å². The van der Waals surface area contributed by atoms with Gasteiger partial charge in [-0.05, 0) is 27.7 Å². The van der Waals surface area contributed by atoms with E-state index in [0.29, 0.717) is 0 Å². The topological polar surface area (TPSA) is 58.6 Å². The summed E-state index contributed by atoms with van der Waals surface area (Å²) in [6.07, 6.45) is 0.0654. The molecular formula is C10H19NO3. The molecule has 1 amide bonds. The van der Waals surface area contributed by atoms with Gasteiger partial charge >= 0.3 is 6.09 Å². The van der Waals surface area contributed by atoms with E-state index in [-0.39, 0.29) is 0 Å². The van der Waals surface area contributed by atoms with Crippen LogP contribution in [0.3, 0.4) is 0 Å². The van der Waals surface area contributed by atoms with Crippen LogP contribution in [-0.2, 0) is 4.74 Å². The maximum atomic E-state index is 11.2. The lowest BCUT2D eigenvalue weighted by molar-refractivity contribution is 0.0465. The maximum Gasteiger partial charge on any atom is 0.407 e. The first-order valence-corrected chi connectivity index (χ1v) is 4.56. The van der Waals surface area contributed by atoms with Gasteiger partial charge in [0.05, 0.1) is 12.1 Å². The van der Waals surface area contributed by atoms with Crippen LogP contribution in [-0.4, -0.2) is 28.9 Å². The molecule has 0 saturated heterocycles. The molecule has 0 spiro atoms. The van der Waals surface area contributed by atoms with Crippen molar-refractivity contribution >= 4 is 6.09 Å². The molecule has 0 fully saturated rings. The Labute approximate surface area is 85.0 Å². The summed E-state index contributed by atoms with van der Waals surface area (Å²) in [6.45, 7) is 10.4. The molecular weight excluding hydrogens is 182 g/mol. The second kappa shape index (κ2) is 5.00. The van der Waals surface area contributed by atoms with Crippen molar-refractivity contribution in [1.82, 2.24) is 5.32 Å². The van der Waals surface area contributed by atoms with E-state index in [2.05, 4.69) is 11.9 Å². The number of carbonyl (C=O) groups excluding carboxylic acids is 1. The van der Waals surface area contributed by atoms with Gasteiger partial charge in [0.15, 0.2) is 0 Å². The van der Waals surface area contributed by atoms with E-state index < -0.39 is 23.8 Å². The SMILES string of the molecule is C=C[C@@H](O)[C@@H](C)NC(=O)OC(C)(C)C. The van der Waals surface area contributed by atoms with Gasteiger partial charge in [0.25, 0.3) is 0 Å². The Bertz CT molecular complexity index is 208. The first-order chi connectivity index (χ1) is 6.26. The molecule has 0 radical (unpaired) electrons. The van der Waals surface area contributed by atoms with Gasteiger partial charge in [-0.1, -0.05) is 6.08 Å². The van der Waals surface area contributed by atoms with Crippen molar-refractivity contribution in [3.63, 3.8) is 0 Å². The number of alkyl carbamates (subject to hydrolysis) is 1. The van der Waals surface area contributed by atoms with E-state index >= 15 is 0 Å². The Morgan fingerprint density at radius 3 is 2.43 bits per heavy atom. The highest BCUT2D eigenvalue weighted by Crippen LogP contribution is 2.07. The zero-order valence-electron chi connectivity index (χ0n) is 9.20. The summed E-state index contributed by atoms with van der Waals surface area (Å²) in [5.74, 6) is 0. The quantitative estimate of drug-likeness (QED) is 0.679. The van der Waals surface area contributed by atoms with Crippen molar-refractivity contribution in [2.24, 2.45) is 0 Å². The summed E-state index contributed by atoms with van der Waals surface area (Å²) >= 11 is 0. The highest BCUT2D eigenvalue weighted by atomic mass is 16.6. The number of carbonyl (C=O) groups is 1. The zero-order valence-corrected chi connectivity index (χ0v) is 9.20. The first kappa shape index (κ1) is 13.0. The predicted molar refractivity (Wildman–Crippen MR) is 55.0 cm³/mol. The Kier molecular flexibility index (Phi) is 4.63. The molecule has 4 heteroatoms. The van der Waals surface area contributed by atoms with Gasteiger partial charge in [-0.2, -0.15) is 0 Å². The van der Waals surface area contributed by atoms with E-state index in [1.165, 1.54) is 6.08 Å². The average molecular weight is 201 g/mol. The molecule has 0 aliphatic heterocycles. The molecule has 0 rings (SSSR count). The molecule has 0 aliphatic carbocycles. The average Bonchev–Trinajstić information content (AvgIpc) is 1.99. The number of aliphatic hydroxyl groups is 1. The second-order valence-corrected chi connectivity index (χ2v) is 4.16. The lowest BCUT2D eigenvalue weighted by Gasteiger charge is -2.23. The zero-order chi connectivity index (χ0) is 11.4. The molecule has 0 bridgehead atoms. The molecule has 2 atom stereocenters. The van der Waals surface area contributed by atoms with Gasteiger partial charge in [-0.15, -0.1) is 6.58 Å². The summed E-state index contributed by atoms with van der Waals surface area (Å²) in [4.78, 5) is 11.2. The normalized spacial score (nSPS) is 15.5. The van der Waals surface area contributed by atoms with E-state index in [0.717, 1.165) is 0 Å². The number of aliphatic hydroxyl groups excluding tert-OH is 1. The summed E-state index contributed by atoms with van der Waals surface area (Å²) in [7, 11) is 0. The molecule has 0 aromatic heterocycles. The smallest absolute Gasteiger partial charge is 0.407 e. The molecule has 0 heterocycles. The largest absolute Gasteiger partial charge is 0.444 e. The highest BCUT2D eigenvalue weighted by Gasteiger charge is 2.19. The third kappa shape index (κ3) is 5.59. The molecule has 0 aromatic rings. The van der Waals surface area contributed by atoms with Crippen LogP contribution in [0.1, 0.15) is 27.7 Å². The molecule has 0 saturated carbocycles. The summed E-state index contributed by atoms with van der Waals surface area (Å²) in [5.41, 5.74) is -0.525. The minimum Gasteiger partial charge on any atom is -0.444 e. The molecule has 2 N–H and O–H groups in total. The number of hydrogen-bond donors (Lipinski definition) is 2. The van der Waals surface area contributed by atoms with Crippen LogP contribution in [0.5, 0.6) is 0 Å². The van der Waals surface area contributed by atoms with Gasteiger partial charge in [0, 0.05) is 0 Å². The summed E-state index contributed by atoms with van der Waals surface area (Å²) in [5, 5.41) is 11.8. The van der Waals surface area contributed by atoms with Crippen LogP contribution in [0, 0.1) is 0 Å². The van der Waals surface area contributed by atoms with Crippen LogP contribution in [0.2, 0.25) is 0 Å². The fourth-order valence-corrected chi connectivity index (χ4v) is 0.783. The van der Waals surface area contributed by atoms with Crippen molar-refractivity contribution in [1.29, 1.82) is 0 Å². The predicted octanol–water partition coefficient (Wildman–Crippen LogP) is 1.45. The van der Waals surface area contributed by atoms with E-state index in [4.69, 9.17) is 4.74 Å². The molecule has 0 unspecified atom stereocenters. The van der Waals surface area contributed by atoms with Crippen molar-refractivity contribution in [2.75, 3.05) is 0 Å². The lowest BCUT2D eigenvalue weighted by Crippen LogP contribution is -2.42. The number of ether oxygens (including phenoxy) is 1.